The van der Waals surface area contributed by atoms with Crippen LogP contribution < -0.4 is 0 Å². The summed E-state index contributed by atoms with van der Waals surface area (Å²) >= 11 is 0. The Morgan fingerprint density at radius 1 is 1.33 bits per heavy atom. The van der Waals surface area contributed by atoms with Gasteiger partial charge in [-0.3, -0.25) is 0 Å². The number of aryl methyl sites for hydroxylation is 2. The highest BCUT2D eigenvalue weighted by Crippen LogP contribution is 2.25. The van der Waals surface area contributed by atoms with Gasteiger partial charge in [-0.15, -0.1) is 0 Å². The Morgan fingerprint density at radius 2 is 2.33 bits per heavy atom. The molecular formula is C11H10N. The van der Waals surface area contributed by atoms with Gasteiger partial charge in [0.1, 0.15) is 0 Å². The molecule has 1 aromatic carbocycles. The van der Waals surface area contributed by atoms with Crippen molar-refractivity contribution in [3.8, 4) is 0 Å². The van der Waals surface area contributed by atoms with Crippen LogP contribution in [0.4, 0.5) is 0 Å². The van der Waals surface area contributed by atoms with E-state index >= 15 is 0 Å². The molecule has 59 valence electrons. The number of hydrogen-bond donors (Lipinski definition) is 0. The molecule has 0 atom stereocenters. The highest BCUT2D eigenvalue weighted by molar-refractivity contribution is 5.83. The average Bonchev–Trinajstić information content (AvgIpc) is 2.52. The van der Waals surface area contributed by atoms with E-state index in [1.807, 2.05) is 0 Å². The summed E-state index contributed by atoms with van der Waals surface area (Å²) in [7, 11) is 0. The highest BCUT2D eigenvalue weighted by Gasteiger charge is 2.10. The van der Waals surface area contributed by atoms with Gasteiger partial charge in [-0.1, -0.05) is 0 Å². The van der Waals surface area contributed by atoms with Crippen molar-refractivity contribution in [2.45, 2.75) is 19.4 Å². The third kappa shape index (κ3) is 0.685. The molecule has 0 bridgehead atoms. The molecule has 0 saturated carbocycles. The lowest BCUT2D eigenvalue weighted by Gasteiger charge is -2.14. The standard InChI is InChI=1S/C11H10N/c1-3-9-5-2-7-12-8-6-10(4-1)11(9)12/h3-4,6,8H,2,5,7H2. The maximum Gasteiger partial charge on any atom is 0.0513 e. The predicted molar refractivity (Wildman–Crippen MR) is 49.1 cm³/mol. The van der Waals surface area contributed by atoms with Crippen LogP contribution in [0.15, 0.2) is 24.4 Å². The van der Waals surface area contributed by atoms with Gasteiger partial charge in [-0.25, -0.2) is 0 Å². The first-order valence-corrected chi connectivity index (χ1v) is 4.43. The molecule has 1 aliphatic heterocycles. The van der Waals surface area contributed by atoms with Crippen molar-refractivity contribution in [3.63, 3.8) is 0 Å². The summed E-state index contributed by atoms with van der Waals surface area (Å²) in [6.07, 6.45) is 4.67. The van der Waals surface area contributed by atoms with Crippen LogP contribution in [0, 0.1) is 6.07 Å². The van der Waals surface area contributed by atoms with Crippen LogP contribution in [0.25, 0.3) is 10.9 Å². The monoisotopic (exact) mass is 156 g/mol. The normalized spacial score (nSPS) is 15.3. The Bertz CT molecular complexity index is 425. The molecule has 1 nitrogen and oxygen atoms in total. The summed E-state index contributed by atoms with van der Waals surface area (Å²) in [5.74, 6) is 0. The van der Waals surface area contributed by atoms with Gasteiger partial charge in [0, 0.05) is 18.1 Å². The second kappa shape index (κ2) is 2.13. The van der Waals surface area contributed by atoms with E-state index in [-0.39, 0.29) is 0 Å². The van der Waals surface area contributed by atoms with E-state index in [0.717, 1.165) is 0 Å². The number of aromatic nitrogens is 1. The topological polar surface area (TPSA) is 4.93 Å². The fourth-order valence-corrected chi connectivity index (χ4v) is 2.09. The molecule has 0 fully saturated rings. The van der Waals surface area contributed by atoms with Gasteiger partial charge in [0.05, 0.1) is 5.52 Å². The maximum atomic E-state index is 3.19. The highest BCUT2D eigenvalue weighted by atomic mass is 15.0. The maximum absolute atomic E-state index is 3.19. The van der Waals surface area contributed by atoms with Crippen LogP contribution in [0.1, 0.15) is 12.0 Å². The molecule has 1 heteroatoms. The molecule has 0 saturated heterocycles. The SMILES string of the molecule is [c]1cc2c3c(c1)ccn3CCC2. The minimum Gasteiger partial charge on any atom is -0.347 e. The number of hydrogen-bond acceptors (Lipinski definition) is 0. The smallest absolute Gasteiger partial charge is 0.0513 e. The van der Waals surface area contributed by atoms with Crippen molar-refractivity contribution >= 4 is 10.9 Å². The van der Waals surface area contributed by atoms with E-state index in [2.05, 4.69) is 35.0 Å². The fraction of sp³-hybridized carbons (Fsp3) is 0.273. The molecule has 1 aromatic heterocycles. The zero-order chi connectivity index (χ0) is 7.97. The van der Waals surface area contributed by atoms with Gasteiger partial charge in [0.15, 0.2) is 0 Å². The lowest BCUT2D eigenvalue weighted by Crippen LogP contribution is -2.05. The Morgan fingerprint density at radius 3 is 3.33 bits per heavy atom. The predicted octanol–water partition coefficient (Wildman–Crippen LogP) is 2.39. The van der Waals surface area contributed by atoms with Crippen LogP contribution in [-0.4, -0.2) is 4.57 Å². The minimum atomic E-state index is 1.18. The van der Waals surface area contributed by atoms with E-state index in [1.165, 1.54) is 35.9 Å². The molecule has 12 heavy (non-hydrogen) atoms. The van der Waals surface area contributed by atoms with Gasteiger partial charge < -0.3 is 4.57 Å². The first-order chi connectivity index (χ1) is 5.95. The van der Waals surface area contributed by atoms with Crippen molar-refractivity contribution in [1.29, 1.82) is 0 Å². The molecule has 0 N–H and O–H groups in total. The van der Waals surface area contributed by atoms with E-state index in [9.17, 15) is 0 Å². The first kappa shape index (κ1) is 6.30. The van der Waals surface area contributed by atoms with Gasteiger partial charge in [-0.2, -0.15) is 0 Å². The van der Waals surface area contributed by atoms with Crippen LogP contribution in [0.2, 0.25) is 0 Å². The molecule has 0 amide bonds. The van der Waals surface area contributed by atoms with E-state index in [0.29, 0.717) is 0 Å². The molecule has 1 aliphatic rings. The van der Waals surface area contributed by atoms with E-state index in [1.54, 1.807) is 0 Å². The zero-order valence-corrected chi connectivity index (χ0v) is 6.88. The Hall–Kier alpha value is -1.24. The van der Waals surface area contributed by atoms with Crippen molar-refractivity contribution < 1.29 is 0 Å². The lowest BCUT2D eigenvalue weighted by molar-refractivity contribution is 0.636. The molecule has 1 radical (unpaired) electrons. The summed E-state index contributed by atoms with van der Waals surface area (Å²) in [6, 6.07) is 9.56. The van der Waals surface area contributed by atoms with Gasteiger partial charge in [0.2, 0.25) is 0 Å². The zero-order valence-electron chi connectivity index (χ0n) is 6.88. The van der Waals surface area contributed by atoms with Crippen molar-refractivity contribution in [3.05, 3.63) is 36.0 Å². The van der Waals surface area contributed by atoms with E-state index < -0.39 is 0 Å². The minimum absolute atomic E-state index is 1.18. The second-order valence-corrected chi connectivity index (χ2v) is 3.40. The average molecular weight is 156 g/mol. The summed E-state index contributed by atoms with van der Waals surface area (Å²) in [6.45, 7) is 1.18. The van der Waals surface area contributed by atoms with Crippen molar-refractivity contribution in [2.24, 2.45) is 0 Å². The molecule has 0 spiro atoms. The fourth-order valence-electron chi connectivity index (χ4n) is 2.09. The summed E-state index contributed by atoms with van der Waals surface area (Å²) < 4.78 is 2.35. The molecule has 0 unspecified atom stereocenters. The number of benzene rings is 1. The van der Waals surface area contributed by atoms with Gasteiger partial charge in [0.25, 0.3) is 0 Å². The first-order valence-electron chi connectivity index (χ1n) is 4.43. The number of rotatable bonds is 0. The summed E-state index contributed by atoms with van der Waals surface area (Å²) in [5, 5.41) is 1.34. The number of nitrogens with zero attached hydrogens (tertiary/aromatic N) is 1. The van der Waals surface area contributed by atoms with Crippen LogP contribution in [-0.2, 0) is 13.0 Å². The third-order valence-electron chi connectivity index (χ3n) is 2.64. The van der Waals surface area contributed by atoms with Gasteiger partial charge >= 0.3 is 0 Å². The van der Waals surface area contributed by atoms with Crippen LogP contribution in [0.5, 0.6) is 0 Å². The van der Waals surface area contributed by atoms with Crippen LogP contribution >= 0.6 is 0 Å². The molecule has 0 aliphatic carbocycles. The molecule has 2 aromatic rings. The van der Waals surface area contributed by atoms with Crippen molar-refractivity contribution in [1.82, 2.24) is 4.57 Å². The lowest BCUT2D eigenvalue weighted by atomic mass is 10.0. The molecule has 3 rings (SSSR count). The van der Waals surface area contributed by atoms with Crippen LogP contribution in [0.3, 0.4) is 0 Å². The summed E-state index contributed by atoms with van der Waals surface area (Å²) in [5.41, 5.74) is 2.89. The Balaban J connectivity index is 2.50. The van der Waals surface area contributed by atoms with Gasteiger partial charge in [-0.05, 0) is 42.7 Å². The van der Waals surface area contributed by atoms with E-state index in [4.69, 9.17) is 0 Å². The molecular weight excluding hydrogens is 146 g/mol. The summed E-state index contributed by atoms with van der Waals surface area (Å²) in [4.78, 5) is 0. The largest absolute Gasteiger partial charge is 0.347 e. The van der Waals surface area contributed by atoms with Crippen molar-refractivity contribution in [2.75, 3.05) is 0 Å². The second-order valence-electron chi connectivity index (χ2n) is 3.40. The Labute approximate surface area is 71.6 Å². The third-order valence-corrected chi connectivity index (χ3v) is 2.64. The Kier molecular flexibility index (Phi) is 1.12. The molecule has 2 heterocycles. The quantitative estimate of drug-likeness (QED) is 0.552.